The Hall–Kier alpha value is -1.75. The minimum atomic E-state index is -0.0595. The molecule has 2 heterocycles. The predicted molar refractivity (Wildman–Crippen MR) is 71.8 cm³/mol. The van der Waals surface area contributed by atoms with E-state index >= 15 is 0 Å². The third-order valence-electron chi connectivity index (χ3n) is 3.77. The number of hydrogen-bond acceptors (Lipinski definition) is 3. The summed E-state index contributed by atoms with van der Waals surface area (Å²) in [7, 11) is 0. The van der Waals surface area contributed by atoms with E-state index in [0.29, 0.717) is 6.54 Å². The van der Waals surface area contributed by atoms with Crippen molar-refractivity contribution in [3.05, 3.63) is 29.3 Å². The van der Waals surface area contributed by atoms with Crippen molar-refractivity contribution in [2.24, 2.45) is 5.84 Å². The lowest BCUT2D eigenvalue weighted by Gasteiger charge is -2.32. The number of urea groups is 1. The van der Waals surface area contributed by atoms with Gasteiger partial charge in [-0.3, -0.25) is 5.01 Å². The Kier molecular flexibility index (Phi) is 3.29. The van der Waals surface area contributed by atoms with Crippen molar-refractivity contribution in [1.29, 1.82) is 0 Å². The largest absolute Gasteiger partial charge is 0.493 e. The first kappa shape index (κ1) is 12.3. The van der Waals surface area contributed by atoms with Crippen LogP contribution in [0, 0.1) is 0 Å². The molecule has 0 atom stereocenters. The van der Waals surface area contributed by atoms with Gasteiger partial charge in [-0.2, -0.15) is 0 Å². The van der Waals surface area contributed by atoms with Gasteiger partial charge in [-0.1, -0.05) is 12.1 Å². The number of carbonyl (C=O) groups is 1. The minimum Gasteiger partial charge on any atom is -0.493 e. The molecule has 0 aliphatic carbocycles. The molecule has 0 unspecified atom stereocenters. The summed E-state index contributed by atoms with van der Waals surface area (Å²) in [6.45, 7) is 2.98. The summed E-state index contributed by atoms with van der Waals surface area (Å²) >= 11 is 0. The molecule has 0 aromatic heterocycles. The van der Waals surface area contributed by atoms with Crippen LogP contribution in [0.1, 0.15) is 17.5 Å². The number of ether oxygens (including phenoxy) is 1. The highest BCUT2D eigenvalue weighted by Crippen LogP contribution is 2.26. The van der Waals surface area contributed by atoms with E-state index in [1.54, 1.807) is 0 Å². The summed E-state index contributed by atoms with van der Waals surface area (Å²) in [6, 6.07) is 6.25. The molecule has 2 aliphatic rings. The quantitative estimate of drug-likeness (QED) is 0.656. The number of nitrogens with two attached hydrogens (primary N) is 1. The number of hydrazine groups is 1. The van der Waals surface area contributed by atoms with Gasteiger partial charge in [0.1, 0.15) is 5.75 Å². The van der Waals surface area contributed by atoms with Crippen LogP contribution in [0.5, 0.6) is 5.75 Å². The van der Waals surface area contributed by atoms with Crippen molar-refractivity contribution in [2.75, 3.05) is 26.2 Å². The number of carbonyl (C=O) groups excluding carboxylic acids is 1. The fourth-order valence-corrected chi connectivity index (χ4v) is 2.67. The first-order chi connectivity index (χ1) is 9.24. The second kappa shape index (κ2) is 5.09. The average Bonchev–Trinajstić information content (AvgIpc) is 2.88. The fraction of sp³-hybridized carbons (Fsp3) is 0.500. The molecule has 3 rings (SSSR count). The Bertz CT molecular complexity index is 490. The Balaban J connectivity index is 1.61. The summed E-state index contributed by atoms with van der Waals surface area (Å²) < 4.78 is 5.49. The van der Waals surface area contributed by atoms with Gasteiger partial charge in [0.25, 0.3) is 0 Å². The number of amides is 2. The molecule has 5 nitrogen and oxygen atoms in total. The molecule has 1 saturated heterocycles. The normalized spacial score (nSPS) is 18.5. The van der Waals surface area contributed by atoms with Crippen molar-refractivity contribution in [2.45, 2.75) is 19.3 Å². The zero-order valence-corrected chi connectivity index (χ0v) is 11.0. The first-order valence-electron chi connectivity index (χ1n) is 6.80. The van der Waals surface area contributed by atoms with E-state index in [9.17, 15) is 4.79 Å². The zero-order valence-electron chi connectivity index (χ0n) is 11.0. The summed E-state index contributed by atoms with van der Waals surface area (Å²) in [5.41, 5.74) is 2.54. The van der Waals surface area contributed by atoms with E-state index in [2.05, 4.69) is 12.1 Å². The van der Waals surface area contributed by atoms with Gasteiger partial charge in [0.05, 0.1) is 6.61 Å². The van der Waals surface area contributed by atoms with Gasteiger partial charge in [0.15, 0.2) is 0 Å². The highest BCUT2D eigenvalue weighted by molar-refractivity contribution is 5.74. The molecule has 102 valence electrons. The predicted octanol–water partition coefficient (Wildman–Crippen LogP) is 1.17. The van der Waals surface area contributed by atoms with E-state index in [-0.39, 0.29) is 6.03 Å². The molecule has 0 spiro atoms. The van der Waals surface area contributed by atoms with Gasteiger partial charge in [-0.25, -0.2) is 10.6 Å². The number of fused-ring (bicyclic) bond motifs is 1. The SMILES string of the molecule is NN1CCCN(CCc2ccc3c(c2)CCO3)C1=O. The molecular weight excluding hydrogens is 242 g/mol. The summed E-state index contributed by atoms with van der Waals surface area (Å²) in [4.78, 5) is 13.7. The third-order valence-corrected chi connectivity index (χ3v) is 3.77. The van der Waals surface area contributed by atoms with Crippen molar-refractivity contribution in [3.8, 4) is 5.75 Å². The van der Waals surface area contributed by atoms with E-state index in [0.717, 1.165) is 44.7 Å². The van der Waals surface area contributed by atoms with Gasteiger partial charge in [0, 0.05) is 26.1 Å². The second-order valence-corrected chi connectivity index (χ2v) is 5.11. The zero-order chi connectivity index (χ0) is 13.2. The Morgan fingerprint density at radius 3 is 3.11 bits per heavy atom. The van der Waals surface area contributed by atoms with Gasteiger partial charge < -0.3 is 9.64 Å². The molecule has 2 N–H and O–H groups in total. The van der Waals surface area contributed by atoms with Crippen LogP contribution in [0.4, 0.5) is 4.79 Å². The molecule has 0 saturated carbocycles. The van der Waals surface area contributed by atoms with E-state index in [1.807, 2.05) is 11.0 Å². The van der Waals surface area contributed by atoms with Crippen molar-refractivity contribution in [3.63, 3.8) is 0 Å². The van der Waals surface area contributed by atoms with Crippen LogP contribution in [0.3, 0.4) is 0 Å². The topological polar surface area (TPSA) is 58.8 Å². The van der Waals surface area contributed by atoms with Crippen LogP contribution < -0.4 is 10.6 Å². The molecular formula is C14H19N3O2. The monoisotopic (exact) mass is 261 g/mol. The van der Waals surface area contributed by atoms with Gasteiger partial charge in [0.2, 0.25) is 0 Å². The van der Waals surface area contributed by atoms with E-state index in [4.69, 9.17) is 10.6 Å². The van der Waals surface area contributed by atoms with Crippen molar-refractivity contribution in [1.82, 2.24) is 9.91 Å². The Labute approximate surface area is 112 Å². The number of rotatable bonds is 3. The van der Waals surface area contributed by atoms with Crippen LogP contribution >= 0.6 is 0 Å². The molecule has 5 heteroatoms. The van der Waals surface area contributed by atoms with Crippen LogP contribution in [0.25, 0.3) is 0 Å². The van der Waals surface area contributed by atoms with Gasteiger partial charge in [-0.05, 0) is 30.0 Å². The molecule has 1 fully saturated rings. The van der Waals surface area contributed by atoms with Crippen LogP contribution in [0.2, 0.25) is 0 Å². The second-order valence-electron chi connectivity index (χ2n) is 5.11. The molecule has 1 aromatic rings. The van der Waals surface area contributed by atoms with Crippen LogP contribution in [-0.4, -0.2) is 42.2 Å². The van der Waals surface area contributed by atoms with Crippen molar-refractivity contribution >= 4 is 6.03 Å². The summed E-state index contributed by atoms with van der Waals surface area (Å²) in [5.74, 6) is 6.64. The maximum Gasteiger partial charge on any atom is 0.334 e. The summed E-state index contributed by atoms with van der Waals surface area (Å²) in [6.07, 6.45) is 2.80. The fourth-order valence-electron chi connectivity index (χ4n) is 2.67. The number of hydrogen-bond donors (Lipinski definition) is 1. The minimum absolute atomic E-state index is 0.0595. The van der Waals surface area contributed by atoms with E-state index < -0.39 is 0 Å². The molecule has 0 radical (unpaired) electrons. The number of nitrogens with zero attached hydrogens (tertiary/aromatic N) is 2. The smallest absolute Gasteiger partial charge is 0.334 e. The lowest BCUT2D eigenvalue weighted by molar-refractivity contribution is 0.131. The lowest BCUT2D eigenvalue weighted by atomic mass is 10.1. The molecule has 0 bridgehead atoms. The standard InChI is InChI=1S/C14H19N3O2/c15-17-7-1-6-16(14(17)18)8-4-11-2-3-13-12(10-11)5-9-19-13/h2-3,10H,1,4-9,15H2. The molecule has 2 amide bonds. The van der Waals surface area contributed by atoms with Gasteiger partial charge in [-0.15, -0.1) is 0 Å². The van der Waals surface area contributed by atoms with Crippen molar-refractivity contribution < 1.29 is 9.53 Å². The Morgan fingerprint density at radius 1 is 1.32 bits per heavy atom. The van der Waals surface area contributed by atoms with Crippen LogP contribution in [-0.2, 0) is 12.8 Å². The van der Waals surface area contributed by atoms with E-state index in [1.165, 1.54) is 16.1 Å². The molecule has 2 aliphatic heterocycles. The van der Waals surface area contributed by atoms with Crippen LogP contribution in [0.15, 0.2) is 18.2 Å². The average molecular weight is 261 g/mol. The maximum absolute atomic E-state index is 11.8. The Morgan fingerprint density at radius 2 is 2.21 bits per heavy atom. The highest BCUT2D eigenvalue weighted by Gasteiger charge is 2.22. The maximum atomic E-state index is 11.8. The molecule has 19 heavy (non-hydrogen) atoms. The highest BCUT2D eigenvalue weighted by atomic mass is 16.5. The third kappa shape index (κ3) is 2.51. The van der Waals surface area contributed by atoms with Gasteiger partial charge >= 0.3 is 6.03 Å². The molecule has 1 aromatic carbocycles. The summed E-state index contributed by atoms with van der Waals surface area (Å²) in [5, 5.41) is 1.31. The first-order valence-corrected chi connectivity index (χ1v) is 6.80. The lowest BCUT2D eigenvalue weighted by Crippen LogP contribution is -2.52. The number of benzene rings is 1.